The second kappa shape index (κ2) is 12.5. The maximum absolute atomic E-state index is 5.05. The van der Waals surface area contributed by atoms with E-state index in [1.807, 2.05) is 12.1 Å². The Bertz CT molecular complexity index is 419. The zero-order chi connectivity index (χ0) is 15.5. The smallest absolute Gasteiger partial charge is 0.212 e. The highest BCUT2D eigenvalue weighted by Crippen LogP contribution is 2.08. The summed E-state index contributed by atoms with van der Waals surface area (Å²) >= 11 is 0. The molecule has 0 atom stereocenters. The predicted octanol–water partition coefficient (Wildman–Crippen LogP) is 3.20. The summed E-state index contributed by atoms with van der Waals surface area (Å²) in [5, 5.41) is 6.68. The van der Waals surface area contributed by atoms with Crippen LogP contribution in [0.2, 0.25) is 0 Å². The van der Waals surface area contributed by atoms with Crippen LogP contribution in [0.1, 0.15) is 39.2 Å². The van der Waals surface area contributed by atoms with Gasteiger partial charge in [-0.2, -0.15) is 0 Å². The molecule has 0 saturated heterocycles. The molecule has 0 fully saturated rings. The van der Waals surface area contributed by atoms with E-state index in [1.54, 1.807) is 13.3 Å². The van der Waals surface area contributed by atoms with Gasteiger partial charge in [-0.15, -0.1) is 24.0 Å². The number of guanidine groups is 1. The van der Waals surface area contributed by atoms with Crippen LogP contribution in [0.15, 0.2) is 23.3 Å². The monoisotopic (exact) mass is 420 g/mol. The number of hydrogen-bond acceptors (Lipinski definition) is 3. The van der Waals surface area contributed by atoms with Crippen LogP contribution in [0.25, 0.3) is 0 Å². The lowest BCUT2D eigenvalue weighted by Gasteiger charge is -2.16. The van der Waals surface area contributed by atoms with Crippen molar-refractivity contribution in [3.63, 3.8) is 0 Å². The van der Waals surface area contributed by atoms with E-state index in [-0.39, 0.29) is 24.0 Å². The number of halogens is 1. The normalized spacial score (nSPS) is 11.0. The van der Waals surface area contributed by atoms with Crippen LogP contribution in [-0.4, -0.2) is 31.1 Å². The fourth-order valence-electron chi connectivity index (χ4n) is 1.96. The van der Waals surface area contributed by atoms with Gasteiger partial charge < -0.3 is 15.4 Å². The number of aliphatic imine (C=N–C) groups is 1. The van der Waals surface area contributed by atoms with Crippen LogP contribution < -0.4 is 15.4 Å². The van der Waals surface area contributed by atoms with Gasteiger partial charge in [-0.3, -0.25) is 0 Å². The van der Waals surface area contributed by atoms with E-state index < -0.39 is 0 Å². The van der Waals surface area contributed by atoms with Gasteiger partial charge in [0.1, 0.15) is 0 Å². The molecule has 0 aromatic carbocycles. The largest absolute Gasteiger partial charge is 0.481 e. The van der Waals surface area contributed by atoms with Gasteiger partial charge in [-0.25, -0.2) is 9.98 Å². The molecule has 0 saturated carbocycles. The van der Waals surface area contributed by atoms with Gasteiger partial charge >= 0.3 is 0 Å². The molecule has 1 aromatic rings. The molecule has 0 spiro atoms. The molecule has 0 radical (unpaired) electrons. The third-order valence-electron chi connectivity index (χ3n) is 3.48. The molecule has 22 heavy (non-hydrogen) atoms. The minimum atomic E-state index is 0. The van der Waals surface area contributed by atoms with Crippen molar-refractivity contribution in [2.75, 3.05) is 20.2 Å². The first-order valence-corrected chi connectivity index (χ1v) is 7.74. The first-order chi connectivity index (χ1) is 10.2. The molecular formula is C16H29IN4O. The van der Waals surface area contributed by atoms with Gasteiger partial charge in [-0.1, -0.05) is 32.8 Å². The van der Waals surface area contributed by atoms with E-state index >= 15 is 0 Å². The topological polar surface area (TPSA) is 58.5 Å². The Morgan fingerprint density at radius 1 is 1.23 bits per heavy atom. The lowest BCUT2D eigenvalue weighted by molar-refractivity contribution is 0.397. The standard InChI is InChI=1S/C16H28N4O.HI/c1-5-13(6-2)10-19-16(17-7-3)20-12-14-8-9-15(21-4)18-11-14;/h8-9,11,13H,5-7,10,12H2,1-4H3,(H2,17,19,20);1H. The molecule has 0 amide bonds. The van der Waals surface area contributed by atoms with Crippen LogP contribution >= 0.6 is 24.0 Å². The molecule has 1 heterocycles. The van der Waals surface area contributed by atoms with Gasteiger partial charge in [-0.05, 0) is 18.4 Å². The highest BCUT2D eigenvalue weighted by atomic mass is 127. The van der Waals surface area contributed by atoms with Crippen LogP contribution in [0.5, 0.6) is 5.88 Å². The summed E-state index contributed by atoms with van der Waals surface area (Å²) in [6.07, 6.45) is 4.17. The Hall–Kier alpha value is -1.05. The number of nitrogens with zero attached hydrogens (tertiary/aromatic N) is 2. The maximum Gasteiger partial charge on any atom is 0.212 e. The zero-order valence-corrected chi connectivity index (χ0v) is 16.4. The fraction of sp³-hybridized carbons (Fsp3) is 0.625. The molecule has 126 valence electrons. The van der Waals surface area contributed by atoms with Crippen LogP contribution in [0.3, 0.4) is 0 Å². The zero-order valence-electron chi connectivity index (χ0n) is 14.1. The second-order valence-corrected chi connectivity index (χ2v) is 4.97. The van der Waals surface area contributed by atoms with E-state index in [9.17, 15) is 0 Å². The highest BCUT2D eigenvalue weighted by Gasteiger charge is 2.04. The van der Waals surface area contributed by atoms with Crippen molar-refractivity contribution < 1.29 is 4.74 Å². The third kappa shape index (κ3) is 7.82. The second-order valence-electron chi connectivity index (χ2n) is 4.97. The number of pyridine rings is 1. The summed E-state index contributed by atoms with van der Waals surface area (Å²) in [5.74, 6) is 2.18. The molecular weight excluding hydrogens is 391 g/mol. The fourth-order valence-corrected chi connectivity index (χ4v) is 1.96. The van der Waals surface area contributed by atoms with E-state index in [0.29, 0.717) is 18.3 Å². The lowest BCUT2D eigenvalue weighted by Crippen LogP contribution is -2.39. The minimum Gasteiger partial charge on any atom is -0.481 e. The lowest BCUT2D eigenvalue weighted by atomic mass is 10.0. The average Bonchev–Trinajstić information content (AvgIpc) is 2.53. The first kappa shape index (κ1) is 20.9. The van der Waals surface area contributed by atoms with E-state index in [2.05, 4.69) is 41.4 Å². The van der Waals surface area contributed by atoms with Crippen molar-refractivity contribution in [3.8, 4) is 5.88 Å². The van der Waals surface area contributed by atoms with Crippen LogP contribution in [0.4, 0.5) is 0 Å². The van der Waals surface area contributed by atoms with Crippen molar-refractivity contribution in [2.24, 2.45) is 10.9 Å². The molecule has 1 aromatic heterocycles. The first-order valence-electron chi connectivity index (χ1n) is 7.74. The van der Waals surface area contributed by atoms with Crippen molar-refractivity contribution in [2.45, 2.75) is 40.2 Å². The Labute approximate surface area is 151 Å². The molecule has 6 heteroatoms. The molecule has 0 aliphatic heterocycles. The van der Waals surface area contributed by atoms with Crippen LogP contribution in [-0.2, 0) is 6.54 Å². The quantitative estimate of drug-likeness (QED) is 0.385. The highest BCUT2D eigenvalue weighted by molar-refractivity contribution is 14.0. The number of ether oxygens (including phenoxy) is 1. The van der Waals surface area contributed by atoms with Gasteiger partial charge in [0.2, 0.25) is 5.88 Å². The van der Waals surface area contributed by atoms with E-state index in [1.165, 1.54) is 12.8 Å². The Morgan fingerprint density at radius 3 is 2.45 bits per heavy atom. The summed E-state index contributed by atoms with van der Waals surface area (Å²) in [6.45, 7) is 8.94. The SMILES string of the molecule is CCNC(=NCc1ccc(OC)nc1)NCC(CC)CC.I. The summed E-state index contributed by atoms with van der Waals surface area (Å²) in [5.41, 5.74) is 1.07. The predicted molar refractivity (Wildman–Crippen MR) is 103 cm³/mol. The molecule has 1 rings (SSSR count). The average molecular weight is 420 g/mol. The molecule has 0 bridgehead atoms. The van der Waals surface area contributed by atoms with Crippen LogP contribution in [0, 0.1) is 5.92 Å². The third-order valence-corrected chi connectivity index (χ3v) is 3.48. The number of aromatic nitrogens is 1. The molecule has 5 nitrogen and oxygen atoms in total. The summed E-state index contributed by atoms with van der Waals surface area (Å²) in [6, 6.07) is 3.84. The van der Waals surface area contributed by atoms with Gasteiger partial charge in [0, 0.05) is 25.4 Å². The molecule has 2 N–H and O–H groups in total. The van der Waals surface area contributed by atoms with Gasteiger partial charge in [0.05, 0.1) is 13.7 Å². The molecule has 0 aliphatic carbocycles. The van der Waals surface area contributed by atoms with Crippen molar-refractivity contribution in [1.29, 1.82) is 0 Å². The number of nitrogens with one attached hydrogen (secondary N) is 2. The summed E-state index contributed by atoms with van der Waals surface area (Å²) in [7, 11) is 1.62. The minimum absolute atomic E-state index is 0. The number of hydrogen-bond donors (Lipinski definition) is 2. The van der Waals surface area contributed by atoms with Crippen molar-refractivity contribution in [3.05, 3.63) is 23.9 Å². The summed E-state index contributed by atoms with van der Waals surface area (Å²) in [4.78, 5) is 8.78. The number of methoxy groups -OCH3 is 1. The Kier molecular flexibility index (Phi) is 11.9. The van der Waals surface area contributed by atoms with E-state index in [4.69, 9.17) is 4.74 Å². The molecule has 0 aliphatic rings. The van der Waals surface area contributed by atoms with Crippen molar-refractivity contribution in [1.82, 2.24) is 15.6 Å². The van der Waals surface area contributed by atoms with Gasteiger partial charge in [0.15, 0.2) is 5.96 Å². The summed E-state index contributed by atoms with van der Waals surface area (Å²) < 4.78 is 5.05. The van der Waals surface area contributed by atoms with E-state index in [0.717, 1.165) is 24.6 Å². The molecule has 0 unspecified atom stereocenters. The maximum atomic E-state index is 5.05. The Balaban J connectivity index is 0.00000441. The number of rotatable bonds is 8. The van der Waals surface area contributed by atoms with Crippen molar-refractivity contribution >= 4 is 29.9 Å². The van der Waals surface area contributed by atoms with Gasteiger partial charge in [0.25, 0.3) is 0 Å². The Morgan fingerprint density at radius 2 is 1.95 bits per heavy atom.